The van der Waals surface area contributed by atoms with Crippen LogP contribution < -0.4 is 0 Å². The fourth-order valence-electron chi connectivity index (χ4n) is 0.254. The third-order valence-electron chi connectivity index (χ3n) is 0.455. The van der Waals surface area contributed by atoms with Crippen LogP contribution in [-0.4, -0.2) is 31.2 Å². The summed E-state index contributed by atoms with van der Waals surface area (Å²) in [5, 5.41) is 8.29. The molecular formula is CH6O9P2. The minimum atomic E-state index is -5.03. The Labute approximate surface area is 66.0 Å². The lowest BCUT2D eigenvalue weighted by Gasteiger charge is -2.12. The maximum Gasteiger partial charge on any atom is 0.473 e. The smallest absolute Gasteiger partial charge is 0.345 e. The van der Waals surface area contributed by atoms with Gasteiger partial charge in [0.15, 0.2) is 0 Å². The van der Waals surface area contributed by atoms with E-state index in [1.807, 2.05) is 0 Å². The summed E-state index contributed by atoms with van der Waals surface area (Å²) in [6.45, 7) is -2.67. The van der Waals surface area contributed by atoms with Gasteiger partial charge in [-0.05, 0) is 0 Å². The average Bonchev–Trinajstić information content (AvgIpc) is 1.49. The minimum absolute atomic E-state index is 2.67. The summed E-state index contributed by atoms with van der Waals surface area (Å²) in [5.74, 6) is 0. The molecular weight excluding hydrogens is 218 g/mol. The summed E-state index contributed by atoms with van der Waals surface area (Å²) in [4.78, 5) is 31.9. The molecule has 5 N–H and O–H groups in total. The van der Waals surface area contributed by atoms with Crippen molar-refractivity contribution in [2.24, 2.45) is 0 Å². The van der Waals surface area contributed by atoms with Crippen molar-refractivity contribution in [1.29, 1.82) is 0 Å². The topological polar surface area (TPSA) is 154 Å². The Hall–Kier alpha value is 0.180. The molecule has 0 bridgehead atoms. The van der Waals surface area contributed by atoms with E-state index in [9.17, 15) is 9.13 Å². The highest BCUT2D eigenvalue weighted by Crippen LogP contribution is 2.43. The normalized spacial score (nSPS) is 13.8. The maximum absolute atomic E-state index is 9.91. The number of hydrogen-bond acceptors (Lipinski definition) is 5. The van der Waals surface area contributed by atoms with Gasteiger partial charge in [0.25, 0.3) is 6.48 Å². The fourth-order valence-corrected chi connectivity index (χ4v) is 0.878. The molecule has 0 heterocycles. The Morgan fingerprint density at radius 2 is 1.17 bits per heavy atom. The molecule has 0 aromatic heterocycles. The molecule has 0 rings (SSSR count). The third-order valence-corrected chi connectivity index (χ3v) is 1.36. The second-order valence-electron chi connectivity index (χ2n) is 1.50. The molecule has 0 spiro atoms. The van der Waals surface area contributed by atoms with Crippen LogP contribution in [0.3, 0.4) is 0 Å². The Bertz CT molecular complexity index is 197. The molecule has 74 valence electrons. The van der Waals surface area contributed by atoms with E-state index in [1.54, 1.807) is 0 Å². The van der Waals surface area contributed by atoms with Crippen LogP contribution in [-0.2, 0) is 18.2 Å². The van der Waals surface area contributed by atoms with E-state index < -0.39 is 22.1 Å². The highest BCUT2D eigenvalue weighted by molar-refractivity contribution is 7.47. The number of phosphoric ester groups is 2. The molecule has 0 saturated heterocycles. The largest absolute Gasteiger partial charge is 0.473 e. The van der Waals surface area contributed by atoms with Crippen LogP contribution in [0.1, 0.15) is 0 Å². The summed E-state index contributed by atoms with van der Waals surface area (Å²) in [6.07, 6.45) is 0. The van der Waals surface area contributed by atoms with E-state index in [0.29, 0.717) is 0 Å². The molecule has 0 fully saturated rings. The van der Waals surface area contributed by atoms with Gasteiger partial charge in [0.1, 0.15) is 0 Å². The molecule has 0 amide bonds. The average molecular weight is 224 g/mol. The quantitative estimate of drug-likeness (QED) is 0.282. The van der Waals surface area contributed by atoms with Crippen molar-refractivity contribution < 1.29 is 42.9 Å². The molecule has 12 heavy (non-hydrogen) atoms. The van der Waals surface area contributed by atoms with Crippen molar-refractivity contribution >= 4 is 15.6 Å². The standard InChI is InChI=1S/CH6O9P2/c2-1(9-11(3,4)5)10-12(6,7)8/h1-2H,(H2,3,4,5)(H2,6,7,8). The Kier molecular flexibility index (Phi) is 3.98. The highest BCUT2D eigenvalue weighted by atomic mass is 31.2. The molecule has 0 unspecified atom stereocenters. The second-order valence-corrected chi connectivity index (χ2v) is 3.88. The number of hydrogen-bond donors (Lipinski definition) is 5. The van der Waals surface area contributed by atoms with Crippen molar-refractivity contribution in [1.82, 2.24) is 0 Å². The fraction of sp³-hybridized carbons (Fsp3) is 1.00. The van der Waals surface area contributed by atoms with Gasteiger partial charge in [-0.25, -0.2) is 18.2 Å². The van der Waals surface area contributed by atoms with Crippen LogP contribution in [0.2, 0.25) is 0 Å². The molecule has 0 aliphatic rings. The number of aliphatic hydroxyl groups excluding tert-OH is 1. The monoisotopic (exact) mass is 224 g/mol. The number of phosphoric acid groups is 2. The van der Waals surface area contributed by atoms with Crippen LogP contribution in [0.4, 0.5) is 0 Å². The third kappa shape index (κ3) is 8.28. The zero-order chi connectivity index (χ0) is 9.99. The molecule has 0 aliphatic carbocycles. The van der Waals surface area contributed by atoms with Crippen LogP contribution in [0, 0.1) is 0 Å². The summed E-state index contributed by atoms with van der Waals surface area (Å²) < 4.78 is 26.5. The van der Waals surface area contributed by atoms with Crippen molar-refractivity contribution in [2.45, 2.75) is 6.48 Å². The van der Waals surface area contributed by atoms with Gasteiger partial charge < -0.3 is 24.7 Å². The van der Waals surface area contributed by atoms with Gasteiger partial charge >= 0.3 is 15.6 Å². The van der Waals surface area contributed by atoms with Gasteiger partial charge in [0.2, 0.25) is 0 Å². The van der Waals surface area contributed by atoms with Gasteiger partial charge in [0.05, 0.1) is 0 Å². The predicted octanol–water partition coefficient (Wildman–Crippen LogP) is -1.52. The first-order valence-electron chi connectivity index (χ1n) is 2.26. The lowest BCUT2D eigenvalue weighted by Crippen LogP contribution is -2.12. The zero-order valence-corrected chi connectivity index (χ0v) is 7.13. The molecule has 0 radical (unpaired) electrons. The van der Waals surface area contributed by atoms with Crippen molar-refractivity contribution in [3.63, 3.8) is 0 Å². The van der Waals surface area contributed by atoms with Crippen molar-refractivity contribution in [3.05, 3.63) is 0 Å². The van der Waals surface area contributed by atoms with Gasteiger partial charge in [-0.2, -0.15) is 0 Å². The molecule has 9 nitrogen and oxygen atoms in total. The molecule has 0 aromatic carbocycles. The molecule has 11 heteroatoms. The second kappa shape index (κ2) is 3.93. The van der Waals surface area contributed by atoms with E-state index in [2.05, 4.69) is 9.05 Å². The summed E-state index contributed by atoms with van der Waals surface area (Å²) in [7, 11) is -10.1. The summed E-state index contributed by atoms with van der Waals surface area (Å²) in [6, 6.07) is 0. The lowest BCUT2D eigenvalue weighted by atomic mass is 11.4. The van der Waals surface area contributed by atoms with Gasteiger partial charge in [-0.1, -0.05) is 0 Å². The zero-order valence-electron chi connectivity index (χ0n) is 5.34. The van der Waals surface area contributed by atoms with Crippen LogP contribution in [0.15, 0.2) is 0 Å². The van der Waals surface area contributed by atoms with Gasteiger partial charge in [-0.15, -0.1) is 0 Å². The van der Waals surface area contributed by atoms with Gasteiger partial charge in [-0.3, -0.25) is 0 Å². The SMILES string of the molecule is O=P(O)(O)OC(O)OP(=O)(O)O. The first-order valence-corrected chi connectivity index (χ1v) is 5.32. The predicted molar refractivity (Wildman–Crippen MR) is 32.3 cm³/mol. The molecule has 0 atom stereocenters. The van der Waals surface area contributed by atoms with E-state index >= 15 is 0 Å². The maximum atomic E-state index is 9.91. The molecule has 0 aliphatic heterocycles. The van der Waals surface area contributed by atoms with Crippen LogP contribution >= 0.6 is 15.6 Å². The molecule has 0 aromatic rings. The minimum Gasteiger partial charge on any atom is -0.345 e. The lowest BCUT2D eigenvalue weighted by molar-refractivity contribution is -0.178. The van der Waals surface area contributed by atoms with E-state index in [0.717, 1.165) is 0 Å². The Morgan fingerprint density at radius 3 is 1.33 bits per heavy atom. The van der Waals surface area contributed by atoms with E-state index in [-0.39, 0.29) is 0 Å². The summed E-state index contributed by atoms with van der Waals surface area (Å²) in [5.41, 5.74) is 0. The first kappa shape index (κ1) is 12.2. The first-order chi connectivity index (χ1) is 5.10. The van der Waals surface area contributed by atoms with E-state index in [4.69, 9.17) is 24.7 Å². The molecule has 0 saturated carbocycles. The van der Waals surface area contributed by atoms with Crippen molar-refractivity contribution in [3.8, 4) is 0 Å². The van der Waals surface area contributed by atoms with Crippen molar-refractivity contribution in [2.75, 3.05) is 0 Å². The number of aliphatic hydroxyl groups is 1. The van der Waals surface area contributed by atoms with Crippen LogP contribution in [0.25, 0.3) is 0 Å². The van der Waals surface area contributed by atoms with E-state index in [1.165, 1.54) is 0 Å². The highest BCUT2D eigenvalue weighted by Gasteiger charge is 2.27. The Balaban J connectivity index is 4.00. The van der Waals surface area contributed by atoms with Gasteiger partial charge in [0, 0.05) is 0 Å². The Morgan fingerprint density at radius 1 is 0.917 bits per heavy atom. The summed E-state index contributed by atoms with van der Waals surface area (Å²) >= 11 is 0. The number of rotatable bonds is 4. The van der Waals surface area contributed by atoms with Crippen LogP contribution in [0.5, 0.6) is 0 Å².